The fourth-order valence-corrected chi connectivity index (χ4v) is 1.41. The normalized spacial score (nSPS) is 10.4. The van der Waals surface area contributed by atoms with Crippen molar-refractivity contribution in [3.05, 3.63) is 54.4 Å². The van der Waals surface area contributed by atoms with Crippen LogP contribution in [0.1, 0.15) is 22.5 Å². The molecule has 14 heavy (non-hydrogen) atoms. The molecule has 0 aromatic carbocycles. The van der Waals surface area contributed by atoms with E-state index in [0.717, 1.165) is 17.0 Å². The Kier molecular flexibility index (Phi) is 3.29. The summed E-state index contributed by atoms with van der Waals surface area (Å²) in [5.74, 6) is 0. The second-order valence-electron chi connectivity index (χ2n) is 2.99. The van der Waals surface area contributed by atoms with Gasteiger partial charge >= 0.3 is 0 Å². The summed E-state index contributed by atoms with van der Waals surface area (Å²) in [6.45, 7) is 13.2. The monoisotopic (exact) mass is 185 g/mol. The molecule has 0 aliphatic heterocycles. The molecule has 1 aromatic rings. The zero-order valence-corrected chi connectivity index (χ0v) is 8.51. The van der Waals surface area contributed by atoms with E-state index >= 15 is 0 Å². The summed E-state index contributed by atoms with van der Waals surface area (Å²) >= 11 is 0. The fourth-order valence-electron chi connectivity index (χ4n) is 1.41. The van der Waals surface area contributed by atoms with Gasteiger partial charge in [-0.05, 0) is 24.6 Å². The molecule has 0 bridgehead atoms. The van der Waals surface area contributed by atoms with Gasteiger partial charge in [0.15, 0.2) is 0 Å². The Balaban J connectivity index is 3.26. The van der Waals surface area contributed by atoms with E-state index in [1.807, 2.05) is 18.2 Å². The largest absolute Gasteiger partial charge is 0.355 e. The van der Waals surface area contributed by atoms with E-state index in [1.54, 1.807) is 12.2 Å². The van der Waals surface area contributed by atoms with E-state index in [4.69, 9.17) is 0 Å². The number of allylic oxidation sites excluding steroid dienone is 2. The minimum absolute atomic E-state index is 1.02. The molecule has 1 rings (SSSR count). The van der Waals surface area contributed by atoms with Crippen molar-refractivity contribution in [2.45, 2.75) is 6.92 Å². The maximum absolute atomic E-state index is 3.78. The van der Waals surface area contributed by atoms with Crippen LogP contribution in [0.4, 0.5) is 0 Å². The van der Waals surface area contributed by atoms with Gasteiger partial charge in [0.1, 0.15) is 0 Å². The number of aromatic amines is 1. The van der Waals surface area contributed by atoms with Crippen molar-refractivity contribution in [2.24, 2.45) is 0 Å². The quantitative estimate of drug-likeness (QED) is 0.686. The highest BCUT2D eigenvalue weighted by molar-refractivity contribution is 5.70. The van der Waals surface area contributed by atoms with Crippen molar-refractivity contribution >= 4 is 18.2 Å². The van der Waals surface area contributed by atoms with E-state index < -0.39 is 0 Å². The molecule has 1 heteroatoms. The molecule has 0 atom stereocenters. The first kappa shape index (κ1) is 10.3. The molecule has 1 N–H and O–H groups in total. The molecule has 0 aliphatic rings. The van der Waals surface area contributed by atoms with E-state index in [0.29, 0.717) is 0 Å². The van der Waals surface area contributed by atoms with E-state index in [-0.39, 0.29) is 0 Å². The van der Waals surface area contributed by atoms with Gasteiger partial charge in [0.25, 0.3) is 0 Å². The standard InChI is InChI=1S/C13H15N/c1-5-8-9-13-10(4)11(6-2)12(7-3)14-13/h5-9,14H,1-3H2,4H3/b9-8-. The van der Waals surface area contributed by atoms with Crippen molar-refractivity contribution in [2.75, 3.05) is 0 Å². The lowest BCUT2D eigenvalue weighted by atomic mass is 10.1. The van der Waals surface area contributed by atoms with Crippen molar-refractivity contribution in [3.8, 4) is 0 Å². The number of rotatable bonds is 4. The molecule has 0 saturated heterocycles. The lowest BCUT2D eigenvalue weighted by molar-refractivity contribution is 1.32. The number of hydrogen-bond donors (Lipinski definition) is 1. The van der Waals surface area contributed by atoms with Gasteiger partial charge in [-0.25, -0.2) is 0 Å². The molecule has 1 aromatic heterocycles. The fraction of sp³-hybridized carbons (Fsp3) is 0.0769. The SMILES string of the molecule is C=C/C=C\c1[nH]c(C=C)c(C=C)c1C. The molecule has 0 unspecified atom stereocenters. The summed E-state index contributed by atoms with van der Waals surface area (Å²) in [7, 11) is 0. The average molecular weight is 185 g/mol. The first-order valence-corrected chi connectivity index (χ1v) is 4.51. The van der Waals surface area contributed by atoms with E-state index in [2.05, 4.69) is 31.6 Å². The van der Waals surface area contributed by atoms with Gasteiger partial charge in [-0.1, -0.05) is 38.0 Å². The molecule has 1 heterocycles. The summed E-state index contributed by atoms with van der Waals surface area (Å²) in [5.41, 5.74) is 4.40. The van der Waals surface area contributed by atoms with Gasteiger partial charge in [0.2, 0.25) is 0 Å². The van der Waals surface area contributed by atoms with Gasteiger partial charge in [0.05, 0.1) is 0 Å². The van der Waals surface area contributed by atoms with Crippen LogP contribution in [-0.2, 0) is 0 Å². The highest BCUT2D eigenvalue weighted by Crippen LogP contribution is 2.21. The minimum Gasteiger partial charge on any atom is -0.355 e. The lowest BCUT2D eigenvalue weighted by Gasteiger charge is -1.92. The van der Waals surface area contributed by atoms with Gasteiger partial charge in [-0.15, -0.1) is 0 Å². The zero-order valence-electron chi connectivity index (χ0n) is 8.51. The smallest absolute Gasteiger partial charge is 0.0455 e. The Hall–Kier alpha value is -1.76. The molecular formula is C13H15N. The molecule has 0 fully saturated rings. The van der Waals surface area contributed by atoms with Crippen LogP contribution < -0.4 is 0 Å². The first-order chi connectivity index (χ1) is 6.74. The highest BCUT2D eigenvalue weighted by atomic mass is 14.7. The molecular weight excluding hydrogens is 170 g/mol. The van der Waals surface area contributed by atoms with E-state index in [1.165, 1.54) is 5.56 Å². The van der Waals surface area contributed by atoms with Crippen LogP contribution in [0.3, 0.4) is 0 Å². The van der Waals surface area contributed by atoms with Crippen molar-refractivity contribution in [1.29, 1.82) is 0 Å². The molecule has 0 saturated carbocycles. The molecule has 0 aliphatic carbocycles. The zero-order chi connectivity index (χ0) is 10.6. The maximum Gasteiger partial charge on any atom is 0.0455 e. The van der Waals surface area contributed by atoms with Crippen LogP contribution >= 0.6 is 0 Å². The van der Waals surface area contributed by atoms with Crippen LogP contribution in [0, 0.1) is 6.92 Å². The number of aromatic nitrogens is 1. The summed E-state index contributed by atoms with van der Waals surface area (Å²) in [6.07, 6.45) is 9.28. The number of nitrogens with one attached hydrogen (secondary N) is 1. The Labute approximate surface area is 85.2 Å². The van der Waals surface area contributed by atoms with Gasteiger partial charge < -0.3 is 4.98 Å². The molecule has 0 spiro atoms. The third-order valence-corrected chi connectivity index (χ3v) is 2.17. The van der Waals surface area contributed by atoms with Gasteiger partial charge in [0, 0.05) is 17.0 Å². The summed E-state index contributed by atoms with van der Waals surface area (Å²) < 4.78 is 0. The summed E-state index contributed by atoms with van der Waals surface area (Å²) in [4.78, 5) is 3.26. The second-order valence-corrected chi connectivity index (χ2v) is 2.99. The van der Waals surface area contributed by atoms with Crippen LogP contribution in [0.15, 0.2) is 31.9 Å². The first-order valence-electron chi connectivity index (χ1n) is 4.51. The van der Waals surface area contributed by atoms with Crippen molar-refractivity contribution < 1.29 is 0 Å². The van der Waals surface area contributed by atoms with Gasteiger partial charge in [-0.3, -0.25) is 0 Å². The highest BCUT2D eigenvalue weighted by Gasteiger charge is 2.06. The van der Waals surface area contributed by atoms with Crippen molar-refractivity contribution in [1.82, 2.24) is 4.98 Å². The average Bonchev–Trinajstić information content (AvgIpc) is 2.51. The second kappa shape index (κ2) is 4.47. The molecule has 1 nitrogen and oxygen atoms in total. The Morgan fingerprint density at radius 1 is 1.07 bits per heavy atom. The van der Waals surface area contributed by atoms with E-state index in [9.17, 15) is 0 Å². The van der Waals surface area contributed by atoms with Crippen LogP contribution in [0.25, 0.3) is 18.2 Å². The summed E-state index contributed by atoms with van der Waals surface area (Å²) in [6, 6.07) is 0. The molecule has 72 valence electrons. The maximum atomic E-state index is 3.78. The van der Waals surface area contributed by atoms with Gasteiger partial charge in [-0.2, -0.15) is 0 Å². The third-order valence-electron chi connectivity index (χ3n) is 2.17. The third kappa shape index (κ3) is 1.77. The number of hydrogen-bond acceptors (Lipinski definition) is 0. The van der Waals surface area contributed by atoms with Crippen LogP contribution in [0.2, 0.25) is 0 Å². The molecule has 0 amide bonds. The molecule has 0 radical (unpaired) electrons. The Morgan fingerprint density at radius 2 is 1.79 bits per heavy atom. The Bertz CT molecular complexity index is 392. The van der Waals surface area contributed by atoms with Crippen LogP contribution in [-0.4, -0.2) is 4.98 Å². The predicted octanol–water partition coefficient (Wildman–Crippen LogP) is 3.81. The predicted molar refractivity (Wildman–Crippen MR) is 64.9 cm³/mol. The van der Waals surface area contributed by atoms with Crippen molar-refractivity contribution in [3.63, 3.8) is 0 Å². The lowest BCUT2D eigenvalue weighted by Crippen LogP contribution is -1.75. The minimum atomic E-state index is 1.02. The summed E-state index contributed by atoms with van der Waals surface area (Å²) in [5, 5.41) is 0. The Morgan fingerprint density at radius 3 is 2.21 bits per heavy atom. The number of H-pyrrole nitrogens is 1. The van der Waals surface area contributed by atoms with Crippen LogP contribution in [0.5, 0.6) is 0 Å². The topological polar surface area (TPSA) is 15.8 Å².